The Bertz CT molecular complexity index is 882. The molecule has 0 aliphatic carbocycles. The fourth-order valence-electron chi connectivity index (χ4n) is 3.11. The van der Waals surface area contributed by atoms with E-state index in [9.17, 15) is 19.7 Å². The second kappa shape index (κ2) is 7.66. The summed E-state index contributed by atoms with van der Waals surface area (Å²) in [5.41, 5.74) is 1.83. The van der Waals surface area contributed by atoms with Crippen molar-refractivity contribution in [3.8, 4) is 0 Å². The lowest BCUT2D eigenvalue weighted by Crippen LogP contribution is -2.35. The smallest absolute Gasteiger partial charge is 0.271 e. The Labute approximate surface area is 155 Å². The molecule has 0 N–H and O–H groups in total. The van der Waals surface area contributed by atoms with Gasteiger partial charge in [-0.25, -0.2) is 0 Å². The molecule has 0 fully saturated rings. The first-order chi connectivity index (χ1) is 12.5. The highest BCUT2D eigenvalue weighted by Crippen LogP contribution is 2.31. The van der Waals surface area contributed by atoms with Gasteiger partial charge in [0.05, 0.1) is 15.6 Å². The number of carbonyl (C=O) groups is 2. The molecule has 6 nitrogen and oxygen atoms in total. The number of nitro benzene ring substituents is 1. The Hall–Kier alpha value is -2.73. The third-order valence-corrected chi connectivity index (χ3v) is 4.77. The monoisotopic (exact) mass is 372 g/mol. The minimum Gasteiger partial charge on any atom is -0.312 e. The lowest BCUT2D eigenvalue weighted by atomic mass is 10.00. The Kier molecular flexibility index (Phi) is 5.32. The number of hydrogen-bond acceptors (Lipinski definition) is 4. The molecule has 1 amide bonds. The van der Waals surface area contributed by atoms with E-state index in [1.165, 1.54) is 12.1 Å². The lowest BCUT2D eigenvalue weighted by Gasteiger charge is -2.29. The molecule has 0 radical (unpaired) electrons. The summed E-state index contributed by atoms with van der Waals surface area (Å²) in [7, 11) is 0. The second-order valence-electron chi connectivity index (χ2n) is 6.12. The maximum atomic E-state index is 12.6. The van der Waals surface area contributed by atoms with E-state index in [1.54, 1.807) is 35.2 Å². The number of halogens is 1. The van der Waals surface area contributed by atoms with Crippen LogP contribution in [0.3, 0.4) is 0 Å². The van der Waals surface area contributed by atoms with E-state index >= 15 is 0 Å². The number of fused-ring (bicyclic) bond motifs is 1. The quantitative estimate of drug-likeness (QED) is 0.447. The van der Waals surface area contributed by atoms with E-state index in [2.05, 4.69) is 0 Å². The predicted molar refractivity (Wildman–Crippen MR) is 98.8 cm³/mol. The first-order valence-electron chi connectivity index (χ1n) is 8.33. The van der Waals surface area contributed by atoms with Gasteiger partial charge in [-0.1, -0.05) is 29.8 Å². The molecule has 0 saturated heterocycles. The molecule has 0 saturated carbocycles. The Balaban J connectivity index is 1.73. The number of benzene rings is 2. The number of Topliss-reactive ketones (excluding diaryl/α,β-unsaturated/α-hetero) is 1. The molecule has 0 unspecified atom stereocenters. The van der Waals surface area contributed by atoms with Gasteiger partial charge in [-0.2, -0.15) is 0 Å². The van der Waals surface area contributed by atoms with Crippen LogP contribution in [0.1, 0.15) is 35.2 Å². The molecule has 3 rings (SSSR count). The number of non-ortho nitro benzene ring substituents is 1. The highest BCUT2D eigenvalue weighted by Gasteiger charge is 2.25. The zero-order chi connectivity index (χ0) is 18.7. The van der Waals surface area contributed by atoms with Gasteiger partial charge in [0.25, 0.3) is 5.69 Å². The molecular weight excluding hydrogens is 356 g/mol. The molecule has 2 aromatic carbocycles. The summed E-state index contributed by atoms with van der Waals surface area (Å²) in [6.45, 7) is 0.493. The highest BCUT2D eigenvalue weighted by atomic mass is 35.5. The zero-order valence-electron chi connectivity index (χ0n) is 14.0. The van der Waals surface area contributed by atoms with Gasteiger partial charge in [-0.15, -0.1) is 0 Å². The van der Waals surface area contributed by atoms with Gasteiger partial charge in [0, 0.05) is 37.1 Å². The van der Waals surface area contributed by atoms with Crippen LogP contribution in [0.5, 0.6) is 0 Å². The summed E-state index contributed by atoms with van der Waals surface area (Å²) in [5, 5.41) is 11.4. The average Bonchev–Trinajstić information content (AvgIpc) is 2.65. The van der Waals surface area contributed by atoms with Crippen LogP contribution in [0.25, 0.3) is 0 Å². The fraction of sp³-hybridized carbons (Fsp3) is 0.263. The maximum Gasteiger partial charge on any atom is 0.271 e. The summed E-state index contributed by atoms with van der Waals surface area (Å²) in [6, 6.07) is 11.3. The molecule has 0 spiro atoms. The summed E-state index contributed by atoms with van der Waals surface area (Å²) in [5.74, 6) is -0.410. The van der Waals surface area contributed by atoms with Gasteiger partial charge in [-0.05, 0) is 30.5 Å². The third kappa shape index (κ3) is 3.75. The van der Waals surface area contributed by atoms with Crippen molar-refractivity contribution in [2.75, 3.05) is 11.4 Å². The number of carbonyl (C=O) groups excluding carboxylic acids is 2. The number of nitro groups is 1. The highest BCUT2D eigenvalue weighted by molar-refractivity contribution is 6.34. The van der Waals surface area contributed by atoms with Gasteiger partial charge >= 0.3 is 0 Å². The van der Waals surface area contributed by atoms with Crippen molar-refractivity contribution in [1.29, 1.82) is 0 Å². The number of hydrogen-bond donors (Lipinski definition) is 0. The van der Waals surface area contributed by atoms with Crippen LogP contribution in [-0.4, -0.2) is 23.2 Å². The van der Waals surface area contributed by atoms with E-state index < -0.39 is 4.92 Å². The van der Waals surface area contributed by atoms with E-state index in [1.807, 2.05) is 0 Å². The molecule has 1 heterocycles. The molecular formula is C19H17ClN2O4. The van der Waals surface area contributed by atoms with Crippen molar-refractivity contribution in [2.24, 2.45) is 0 Å². The van der Waals surface area contributed by atoms with Crippen molar-refractivity contribution >= 4 is 34.7 Å². The number of anilines is 1. The van der Waals surface area contributed by atoms with Crippen molar-refractivity contribution in [2.45, 2.75) is 25.7 Å². The molecule has 7 heteroatoms. The van der Waals surface area contributed by atoms with Crippen LogP contribution in [0.2, 0.25) is 5.02 Å². The summed E-state index contributed by atoms with van der Waals surface area (Å²) >= 11 is 6.02. The number of ketones is 1. The number of nitrogens with zero attached hydrogens (tertiary/aromatic N) is 2. The minimum absolute atomic E-state index is 0.0339. The molecule has 2 aromatic rings. The topological polar surface area (TPSA) is 80.5 Å². The molecule has 0 bridgehead atoms. The largest absolute Gasteiger partial charge is 0.312 e. The molecule has 26 heavy (non-hydrogen) atoms. The predicted octanol–water partition coefficient (Wildman–Crippen LogP) is 4.19. The van der Waals surface area contributed by atoms with Crippen LogP contribution < -0.4 is 4.90 Å². The summed E-state index contributed by atoms with van der Waals surface area (Å²) < 4.78 is 0. The van der Waals surface area contributed by atoms with Crippen molar-refractivity contribution in [3.05, 3.63) is 68.7 Å². The van der Waals surface area contributed by atoms with Crippen LogP contribution in [0.15, 0.2) is 42.5 Å². The van der Waals surface area contributed by atoms with E-state index in [4.69, 9.17) is 11.6 Å². The van der Waals surface area contributed by atoms with Crippen LogP contribution >= 0.6 is 11.6 Å². The standard InChI is InChI=1S/C19H17ClN2O4/c20-16-6-2-1-5-15(16)18(23)9-10-19(24)21-11-3-4-13-7-8-14(22(25)26)12-17(13)21/h1-2,5-8,12H,3-4,9-11H2. The van der Waals surface area contributed by atoms with Gasteiger partial charge in [-0.3, -0.25) is 19.7 Å². The Morgan fingerprint density at radius 3 is 2.65 bits per heavy atom. The molecule has 1 aliphatic rings. The molecule has 1 aliphatic heterocycles. The van der Waals surface area contributed by atoms with Gasteiger partial charge in [0.1, 0.15) is 0 Å². The first kappa shape index (κ1) is 18.1. The van der Waals surface area contributed by atoms with Gasteiger partial charge < -0.3 is 4.90 Å². The zero-order valence-corrected chi connectivity index (χ0v) is 14.7. The SMILES string of the molecule is O=C(CCC(=O)N1CCCc2ccc([N+](=O)[O-])cc21)c1ccccc1Cl. The van der Waals surface area contributed by atoms with E-state index in [0.29, 0.717) is 22.8 Å². The lowest BCUT2D eigenvalue weighted by molar-refractivity contribution is -0.384. The van der Waals surface area contributed by atoms with Crippen molar-refractivity contribution in [1.82, 2.24) is 0 Å². The number of aryl methyl sites for hydroxylation is 1. The molecule has 0 aromatic heterocycles. The van der Waals surface area contributed by atoms with Crippen molar-refractivity contribution in [3.63, 3.8) is 0 Å². The van der Waals surface area contributed by atoms with Crippen molar-refractivity contribution < 1.29 is 14.5 Å². The molecule has 0 atom stereocenters. The third-order valence-electron chi connectivity index (χ3n) is 4.44. The van der Waals surface area contributed by atoms with Crippen LogP contribution in [-0.2, 0) is 11.2 Å². The fourth-order valence-corrected chi connectivity index (χ4v) is 3.35. The minimum atomic E-state index is -0.474. The van der Waals surface area contributed by atoms with Crippen LogP contribution in [0, 0.1) is 10.1 Å². The first-order valence-corrected chi connectivity index (χ1v) is 8.70. The summed E-state index contributed by atoms with van der Waals surface area (Å²) in [6.07, 6.45) is 1.64. The van der Waals surface area contributed by atoms with Gasteiger partial charge in [0.15, 0.2) is 5.78 Å². The second-order valence-corrected chi connectivity index (χ2v) is 6.53. The summed E-state index contributed by atoms with van der Waals surface area (Å²) in [4.78, 5) is 37.0. The number of amides is 1. The Morgan fingerprint density at radius 2 is 1.92 bits per heavy atom. The maximum absolute atomic E-state index is 12.6. The van der Waals surface area contributed by atoms with Gasteiger partial charge in [0.2, 0.25) is 5.91 Å². The average molecular weight is 373 g/mol. The molecule has 134 valence electrons. The Morgan fingerprint density at radius 1 is 1.15 bits per heavy atom. The van der Waals surface area contributed by atoms with E-state index in [-0.39, 0.29) is 30.2 Å². The number of rotatable bonds is 5. The van der Waals surface area contributed by atoms with Crippen LogP contribution in [0.4, 0.5) is 11.4 Å². The normalized spacial score (nSPS) is 13.2. The van der Waals surface area contributed by atoms with E-state index in [0.717, 1.165) is 18.4 Å².